The van der Waals surface area contributed by atoms with Gasteiger partial charge in [0.1, 0.15) is 5.70 Å². The Balaban J connectivity index is 1.47. The second-order valence-electron chi connectivity index (χ2n) is 9.35. The van der Waals surface area contributed by atoms with E-state index < -0.39 is 34.7 Å². The maximum Gasteiger partial charge on any atom is 0.416 e. The van der Waals surface area contributed by atoms with Gasteiger partial charge in [-0.15, -0.1) is 11.8 Å². The van der Waals surface area contributed by atoms with Gasteiger partial charge in [0.15, 0.2) is 0 Å². The Morgan fingerprint density at radius 3 is 2.07 bits per heavy atom. The molecule has 220 valence electrons. The Morgan fingerprint density at radius 1 is 0.791 bits per heavy atom. The van der Waals surface area contributed by atoms with E-state index in [-0.39, 0.29) is 11.4 Å². The van der Waals surface area contributed by atoms with Crippen molar-refractivity contribution in [3.8, 4) is 0 Å². The highest BCUT2D eigenvalue weighted by Gasteiger charge is 2.30. The van der Waals surface area contributed by atoms with Gasteiger partial charge < -0.3 is 16.0 Å². The summed E-state index contributed by atoms with van der Waals surface area (Å²) in [5.41, 5.74) is 0.760. The second kappa shape index (κ2) is 14.4. The fraction of sp³-hybridized carbons (Fsp3) is 0.121. The molecule has 0 radical (unpaired) electrons. The molecular formula is C33H28F3N3O3S. The van der Waals surface area contributed by atoms with E-state index in [0.717, 1.165) is 12.1 Å². The first kappa shape index (κ1) is 31.1. The third-order valence-electron chi connectivity index (χ3n) is 6.13. The smallest absolute Gasteiger partial charge is 0.325 e. The first-order chi connectivity index (χ1) is 20.6. The van der Waals surface area contributed by atoms with Crippen LogP contribution in [0.25, 0.3) is 6.08 Å². The average molecular weight is 604 g/mol. The Hall–Kier alpha value is -4.83. The minimum Gasteiger partial charge on any atom is -0.325 e. The van der Waals surface area contributed by atoms with Crippen LogP contribution in [0.4, 0.5) is 24.5 Å². The topological polar surface area (TPSA) is 87.3 Å². The molecule has 0 bridgehead atoms. The van der Waals surface area contributed by atoms with E-state index in [4.69, 9.17) is 0 Å². The Labute approximate surface area is 251 Å². The summed E-state index contributed by atoms with van der Waals surface area (Å²) in [5.74, 6) is -1.44. The monoisotopic (exact) mass is 603 g/mol. The highest BCUT2D eigenvalue weighted by molar-refractivity contribution is 8.00. The summed E-state index contributed by atoms with van der Waals surface area (Å²) in [6.45, 7) is 1.80. The predicted molar refractivity (Wildman–Crippen MR) is 163 cm³/mol. The molecule has 0 spiro atoms. The first-order valence-electron chi connectivity index (χ1n) is 13.3. The fourth-order valence-corrected chi connectivity index (χ4v) is 5.00. The van der Waals surface area contributed by atoms with Crippen molar-refractivity contribution >= 4 is 46.9 Å². The summed E-state index contributed by atoms with van der Waals surface area (Å²) in [6, 6.07) is 28.9. The number of alkyl halides is 3. The van der Waals surface area contributed by atoms with Crippen LogP contribution < -0.4 is 16.0 Å². The summed E-state index contributed by atoms with van der Waals surface area (Å²) < 4.78 is 39.2. The van der Waals surface area contributed by atoms with Crippen molar-refractivity contribution in [3.63, 3.8) is 0 Å². The highest BCUT2D eigenvalue weighted by atomic mass is 32.2. The molecular weight excluding hydrogens is 575 g/mol. The van der Waals surface area contributed by atoms with E-state index in [1.165, 1.54) is 23.9 Å². The van der Waals surface area contributed by atoms with Crippen LogP contribution in [0.2, 0.25) is 0 Å². The van der Waals surface area contributed by atoms with Gasteiger partial charge in [-0.25, -0.2) is 0 Å². The molecule has 3 N–H and O–H groups in total. The Morgan fingerprint density at radius 2 is 1.42 bits per heavy atom. The molecule has 10 heteroatoms. The van der Waals surface area contributed by atoms with Gasteiger partial charge in [-0.1, -0.05) is 67.6 Å². The quantitative estimate of drug-likeness (QED) is 0.129. The first-order valence-corrected chi connectivity index (χ1v) is 14.2. The molecule has 4 aromatic rings. The normalized spacial score (nSPS) is 12.2. The van der Waals surface area contributed by atoms with E-state index in [1.807, 2.05) is 18.2 Å². The lowest BCUT2D eigenvalue weighted by molar-refractivity contribution is -0.137. The SMILES string of the molecule is CCC(Sc1cccc(NC(=O)/C(=C/c2ccccc2)NC(=O)c2ccccc2)c1)C(=O)Nc1cccc(C(F)(F)F)c1. The summed E-state index contributed by atoms with van der Waals surface area (Å²) in [7, 11) is 0. The van der Waals surface area contributed by atoms with Crippen molar-refractivity contribution < 1.29 is 27.6 Å². The van der Waals surface area contributed by atoms with Gasteiger partial charge in [-0.2, -0.15) is 13.2 Å². The Kier molecular flexibility index (Phi) is 10.4. The van der Waals surface area contributed by atoms with Crippen molar-refractivity contribution in [2.24, 2.45) is 0 Å². The van der Waals surface area contributed by atoms with Crippen LogP contribution >= 0.6 is 11.8 Å². The lowest BCUT2D eigenvalue weighted by Gasteiger charge is -2.16. The molecule has 0 aliphatic rings. The third kappa shape index (κ3) is 9.08. The van der Waals surface area contributed by atoms with Crippen LogP contribution in [0, 0.1) is 0 Å². The summed E-state index contributed by atoms with van der Waals surface area (Å²) in [4.78, 5) is 39.8. The number of halogens is 3. The number of carbonyl (C=O) groups excluding carboxylic acids is 3. The van der Waals surface area contributed by atoms with Crippen LogP contribution in [0.3, 0.4) is 0 Å². The molecule has 3 amide bonds. The number of rotatable bonds is 10. The van der Waals surface area contributed by atoms with E-state index in [1.54, 1.807) is 79.7 Å². The standard InChI is InChI=1S/C33H28F3N3O3S/c1-2-29(32(42)38-25-16-9-15-24(20-25)33(34,35)36)43-27-18-10-17-26(21-27)37-31(41)28(19-22-11-5-3-6-12-22)39-30(40)23-13-7-4-8-14-23/h3-21,29H,2H2,1H3,(H,37,41)(H,38,42)(H,39,40)/b28-19-. The lowest BCUT2D eigenvalue weighted by atomic mass is 10.1. The molecule has 4 aromatic carbocycles. The van der Waals surface area contributed by atoms with Crippen LogP contribution in [0.15, 0.2) is 120 Å². The zero-order chi connectivity index (χ0) is 30.8. The number of hydrogen-bond acceptors (Lipinski definition) is 4. The molecule has 43 heavy (non-hydrogen) atoms. The predicted octanol–water partition coefficient (Wildman–Crippen LogP) is 7.62. The number of hydrogen-bond donors (Lipinski definition) is 3. The summed E-state index contributed by atoms with van der Waals surface area (Å²) in [6.07, 6.45) is -2.55. The van der Waals surface area contributed by atoms with Crippen molar-refractivity contribution in [3.05, 3.63) is 132 Å². The second-order valence-corrected chi connectivity index (χ2v) is 10.6. The van der Waals surface area contributed by atoms with E-state index >= 15 is 0 Å². The van der Waals surface area contributed by atoms with Gasteiger partial charge in [0, 0.05) is 21.8 Å². The molecule has 0 aliphatic carbocycles. The van der Waals surface area contributed by atoms with E-state index in [9.17, 15) is 27.6 Å². The maximum absolute atomic E-state index is 13.3. The molecule has 0 heterocycles. The summed E-state index contributed by atoms with van der Waals surface area (Å²) in [5, 5.41) is 7.44. The minimum atomic E-state index is -4.52. The largest absolute Gasteiger partial charge is 0.416 e. The molecule has 0 fully saturated rings. The van der Waals surface area contributed by atoms with Gasteiger partial charge in [-0.3, -0.25) is 14.4 Å². The van der Waals surface area contributed by atoms with Crippen LogP contribution in [0.5, 0.6) is 0 Å². The van der Waals surface area contributed by atoms with Crippen LogP contribution in [-0.4, -0.2) is 23.0 Å². The summed E-state index contributed by atoms with van der Waals surface area (Å²) >= 11 is 1.22. The Bertz CT molecular complexity index is 1610. The molecule has 1 atom stereocenters. The molecule has 4 rings (SSSR count). The zero-order valence-electron chi connectivity index (χ0n) is 23.0. The van der Waals surface area contributed by atoms with Crippen molar-refractivity contribution in [2.45, 2.75) is 29.7 Å². The van der Waals surface area contributed by atoms with Gasteiger partial charge in [0.05, 0.1) is 10.8 Å². The van der Waals surface area contributed by atoms with Gasteiger partial charge in [-0.05, 0) is 66.6 Å². The molecule has 0 saturated carbocycles. The number of amides is 3. The maximum atomic E-state index is 13.3. The number of carbonyl (C=O) groups is 3. The number of benzene rings is 4. The lowest BCUT2D eigenvalue weighted by Crippen LogP contribution is -2.30. The minimum absolute atomic E-state index is 0.0324. The highest BCUT2D eigenvalue weighted by Crippen LogP contribution is 2.32. The van der Waals surface area contributed by atoms with Gasteiger partial charge in [0.25, 0.3) is 11.8 Å². The van der Waals surface area contributed by atoms with Crippen LogP contribution in [0.1, 0.15) is 34.8 Å². The van der Waals surface area contributed by atoms with E-state index in [2.05, 4.69) is 16.0 Å². The molecule has 0 aliphatic heterocycles. The molecule has 0 aromatic heterocycles. The fourth-order valence-electron chi connectivity index (χ4n) is 3.99. The van der Waals surface area contributed by atoms with Gasteiger partial charge in [0.2, 0.25) is 5.91 Å². The number of thioether (sulfide) groups is 1. The van der Waals surface area contributed by atoms with Crippen molar-refractivity contribution in [1.82, 2.24) is 5.32 Å². The van der Waals surface area contributed by atoms with Crippen LogP contribution in [-0.2, 0) is 15.8 Å². The van der Waals surface area contributed by atoms with Crippen molar-refractivity contribution in [2.75, 3.05) is 10.6 Å². The zero-order valence-corrected chi connectivity index (χ0v) is 23.8. The van der Waals surface area contributed by atoms with Gasteiger partial charge >= 0.3 is 6.18 Å². The average Bonchev–Trinajstić information content (AvgIpc) is 3.00. The third-order valence-corrected chi connectivity index (χ3v) is 7.49. The molecule has 0 saturated heterocycles. The number of anilines is 2. The molecule has 6 nitrogen and oxygen atoms in total. The number of nitrogens with one attached hydrogen (secondary N) is 3. The van der Waals surface area contributed by atoms with Crippen molar-refractivity contribution in [1.29, 1.82) is 0 Å². The van der Waals surface area contributed by atoms with E-state index in [0.29, 0.717) is 28.1 Å². The molecule has 1 unspecified atom stereocenters.